The smallest absolute Gasteiger partial charge is 0.0670 e. The molecule has 1 unspecified atom stereocenters. The second-order valence-electron chi connectivity index (χ2n) is 5.08. The van der Waals surface area contributed by atoms with Crippen LogP contribution in [0, 0.1) is 0 Å². The number of nitrogens with zero attached hydrogens (tertiary/aromatic N) is 1. The van der Waals surface area contributed by atoms with E-state index in [9.17, 15) is 0 Å². The van der Waals surface area contributed by atoms with Gasteiger partial charge in [-0.1, -0.05) is 24.6 Å². The van der Waals surface area contributed by atoms with Gasteiger partial charge in [-0.2, -0.15) is 0 Å². The molecule has 1 fully saturated rings. The zero-order chi connectivity index (χ0) is 13.7. The number of ether oxygens (including phenoxy) is 1. The van der Waals surface area contributed by atoms with Crippen molar-refractivity contribution in [3.63, 3.8) is 0 Å². The van der Waals surface area contributed by atoms with Crippen LogP contribution in [0.1, 0.15) is 25.3 Å². The monoisotopic (exact) mass is 282 g/mol. The Morgan fingerprint density at radius 1 is 1.47 bits per heavy atom. The minimum Gasteiger partial charge on any atom is -0.379 e. The van der Waals surface area contributed by atoms with Crippen molar-refractivity contribution >= 4 is 17.3 Å². The van der Waals surface area contributed by atoms with Crippen molar-refractivity contribution in [2.24, 2.45) is 0 Å². The topological polar surface area (TPSA) is 24.5 Å². The third-order valence-electron chi connectivity index (χ3n) is 3.62. The van der Waals surface area contributed by atoms with Crippen LogP contribution in [0.25, 0.3) is 0 Å². The lowest BCUT2D eigenvalue weighted by Gasteiger charge is -2.28. The number of hydrogen-bond acceptors (Lipinski definition) is 3. The van der Waals surface area contributed by atoms with Crippen molar-refractivity contribution in [1.29, 1.82) is 0 Å². The van der Waals surface area contributed by atoms with Crippen molar-refractivity contribution in [1.82, 2.24) is 5.32 Å². The van der Waals surface area contributed by atoms with Gasteiger partial charge in [0.1, 0.15) is 0 Å². The Hall–Kier alpha value is -0.770. The maximum absolute atomic E-state index is 6.15. The van der Waals surface area contributed by atoms with Crippen molar-refractivity contribution in [3.05, 3.63) is 28.8 Å². The summed E-state index contributed by atoms with van der Waals surface area (Å²) in [4.78, 5) is 2.31. The highest BCUT2D eigenvalue weighted by molar-refractivity contribution is 6.30. The summed E-state index contributed by atoms with van der Waals surface area (Å²) in [5, 5.41) is 4.25. The van der Waals surface area contributed by atoms with Gasteiger partial charge in [-0.05, 0) is 37.1 Å². The molecule has 1 aromatic carbocycles. The van der Waals surface area contributed by atoms with E-state index in [1.54, 1.807) is 0 Å². The van der Waals surface area contributed by atoms with E-state index >= 15 is 0 Å². The minimum atomic E-state index is 0.461. The van der Waals surface area contributed by atoms with E-state index in [0.29, 0.717) is 6.04 Å². The Bertz CT molecular complexity index is 405. The molecule has 0 aromatic heterocycles. The fourth-order valence-corrected chi connectivity index (χ4v) is 2.61. The molecule has 2 rings (SSSR count). The molecule has 19 heavy (non-hydrogen) atoms. The lowest BCUT2D eigenvalue weighted by atomic mass is 10.1. The highest BCUT2D eigenvalue weighted by Gasteiger charge is 2.22. The fourth-order valence-electron chi connectivity index (χ4n) is 2.44. The zero-order valence-electron chi connectivity index (χ0n) is 11.8. The van der Waals surface area contributed by atoms with Crippen molar-refractivity contribution in [3.8, 4) is 0 Å². The van der Waals surface area contributed by atoms with Gasteiger partial charge in [0, 0.05) is 30.9 Å². The molecule has 1 aliphatic rings. The molecule has 1 saturated heterocycles. The molecule has 0 radical (unpaired) electrons. The van der Waals surface area contributed by atoms with E-state index in [1.165, 1.54) is 11.3 Å². The Balaban J connectivity index is 2.13. The Kier molecular flexibility index (Phi) is 5.49. The molecule has 0 bridgehead atoms. The fraction of sp³-hybridized carbons (Fsp3) is 0.600. The summed E-state index contributed by atoms with van der Waals surface area (Å²) < 4.78 is 5.48. The Morgan fingerprint density at radius 2 is 2.32 bits per heavy atom. The molecule has 0 spiro atoms. The first-order valence-electron chi connectivity index (χ1n) is 7.02. The number of benzene rings is 1. The highest BCUT2D eigenvalue weighted by Crippen LogP contribution is 2.27. The molecule has 0 saturated carbocycles. The SMILES string of the molecule is CCCNCc1ccc(Cl)cc1N(C)C1CCOC1. The van der Waals surface area contributed by atoms with Crippen LogP contribution >= 0.6 is 11.6 Å². The number of hydrogen-bond donors (Lipinski definition) is 1. The second-order valence-corrected chi connectivity index (χ2v) is 5.51. The molecule has 1 atom stereocenters. The van der Waals surface area contributed by atoms with Crippen LogP contribution in [0.2, 0.25) is 5.02 Å². The third kappa shape index (κ3) is 3.85. The molecule has 1 aliphatic heterocycles. The van der Waals surface area contributed by atoms with Crippen LogP contribution in [0.4, 0.5) is 5.69 Å². The van der Waals surface area contributed by atoms with Crippen molar-refractivity contribution in [2.75, 3.05) is 31.7 Å². The molecule has 1 heterocycles. The first-order valence-corrected chi connectivity index (χ1v) is 7.40. The normalized spacial score (nSPS) is 18.8. The summed E-state index contributed by atoms with van der Waals surface area (Å²) in [6, 6.07) is 6.60. The van der Waals surface area contributed by atoms with E-state index in [-0.39, 0.29) is 0 Å². The van der Waals surface area contributed by atoms with E-state index in [2.05, 4.69) is 36.3 Å². The van der Waals surface area contributed by atoms with Gasteiger partial charge >= 0.3 is 0 Å². The number of rotatable bonds is 6. The van der Waals surface area contributed by atoms with Gasteiger partial charge in [0.25, 0.3) is 0 Å². The van der Waals surface area contributed by atoms with Crippen LogP contribution in [0.3, 0.4) is 0 Å². The molecule has 4 heteroatoms. The van der Waals surface area contributed by atoms with E-state index < -0.39 is 0 Å². The molecule has 106 valence electrons. The summed E-state index contributed by atoms with van der Waals surface area (Å²) in [7, 11) is 2.13. The summed E-state index contributed by atoms with van der Waals surface area (Å²) in [5.41, 5.74) is 2.51. The highest BCUT2D eigenvalue weighted by atomic mass is 35.5. The maximum Gasteiger partial charge on any atom is 0.0670 e. The number of likely N-dealkylation sites (N-methyl/N-ethyl adjacent to an activating group) is 1. The van der Waals surface area contributed by atoms with Crippen molar-refractivity contribution < 1.29 is 4.74 Å². The molecular weight excluding hydrogens is 260 g/mol. The average molecular weight is 283 g/mol. The predicted molar refractivity (Wildman–Crippen MR) is 81.1 cm³/mol. The van der Waals surface area contributed by atoms with E-state index in [1.807, 2.05) is 6.07 Å². The van der Waals surface area contributed by atoms with Crippen LogP contribution < -0.4 is 10.2 Å². The van der Waals surface area contributed by atoms with Crippen LogP contribution in [0.5, 0.6) is 0 Å². The van der Waals surface area contributed by atoms with Gasteiger partial charge in [0.15, 0.2) is 0 Å². The number of halogens is 1. The average Bonchev–Trinajstić information content (AvgIpc) is 2.94. The Labute approximate surface area is 120 Å². The van der Waals surface area contributed by atoms with Gasteiger partial charge in [-0.25, -0.2) is 0 Å². The van der Waals surface area contributed by atoms with E-state index in [0.717, 1.165) is 44.2 Å². The summed E-state index contributed by atoms with van der Waals surface area (Å²) in [5.74, 6) is 0. The quantitative estimate of drug-likeness (QED) is 0.812. The molecule has 1 aromatic rings. The maximum atomic E-state index is 6.15. The van der Waals surface area contributed by atoms with Crippen LogP contribution in [-0.2, 0) is 11.3 Å². The third-order valence-corrected chi connectivity index (χ3v) is 3.86. The molecular formula is C15H23ClN2O. The molecule has 0 aliphatic carbocycles. The zero-order valence-corrected chi connectivity index (χ0v) is 12.5. The van der Waals surface area contributed by atoms with Gasteiger partial charge in [0.05, 0.1) is 12.6 Å². The van der Waals surface area contributed by atoms with E-state index in [4.69, 9.17) is 16.3 Å². The summed E-state index contributed by atoms with van der Waals surface area (Å²) >= 11 is 6.15. The standard InChI is InChI=1S/C15H23ClN2O/c1-3-7-17-10-12-4-5-13(16)9-15(12)18(2)14-6-8-19-11-14/h4-5,9,14,17H,3,6-8,10-11H2,1-2H3. The van der Waals surface area contributed by atoms with Gasteiger partial charge in [0.2, 0.25) is 0 Å². The minimum absolute atomic E-state index is 0.461. The van der Waals surface area contributed by atoms with Crippen LogP contribution in [-0.4, -0.2) is 32.8 Å². The number of nitrogens with one attached hydrogen (secondary N) is 1. The summed E-state index contributed by atoms with van der Waals surface area (Å²) in [6.07, 6.45) is 2.24. The molecule has 3 nitrogen and oxygen atoms in total. The van der Waals surface area contributed by atoms with Gasteiger partial charge < -0.3 is 15.0 Å². The predicted octanol–water partition coefficient (Wildman–Crippen LogP) is 3.06. The Morgan fingerprint density at radius 3 is 3.00 bits per heavy atom. The number of anilines is 1. The first kappa shape index (κ1) is 14.6. The van der Waals surface area contributed by atoms with Crippen molar-refractivity contribution in [2.45, 2.75) is 32.4 Å². The second kappa shape index (κ2) is 7.13. The van der Waals surface area contributed by atoms with Gasteiger partial charge in [-0.15, -0.1) is 0 Å². The lowest BCUT2D eigenvalue weighted by Crippen LogP contribution is -2.33. The van der Waals surface area contributed by atoms with Crippen LogP contribution in [0.15, 0.2) is 18.2 Å². The molecule has 0 amide bonds. The summed E-state index contributed by atoms with van der Waals surface area (Å²) in [6.45, 7) is 5.78. The van der Waals surface area contributed by atoms with Gasteiger partial charge in [-0.3, -0.25) is 0 Å². The largest absolute Gasteiger partial charge is 0.379 e. The lowest BCUT2D eigenvalue weighted by molar-refractivity contribution is 0.193. The molecule has 1 N–H and O–H groups in total. The first-order chi connectivity index (χ1) is 9.22.